The van der Waals surface area contributed by atoms with Crippen LogP contribution in [0.4, 0.5) is 34.4 Å². The first-order valence-corrected chi connectivity index (χ1v) is 25.3. The standard InChI is InChI=1S/C53H54N10O8S/c1-33-28-45(46(69-2)32-42(33)34-13-18-54-19-14-34)60-50-48-37(31-44(59-50)41-8-5-17-56-52(41)70-3)16-21-62(53(48)66)63(72(67,68)27-24-64)40-7-4-6-35(29-40)43-30-36-15-20-55-51(65)47(36)49(58-43)57-38-9-11-39(12-10-38)61-22-25-71-26-23-61/h4-12,15-17,20-21,28-32,34,54,64H,13-14,18-19,22-27H2,1-3H3,(H,55,65)(H,57,58)(H,59,60). The summed E-state index contributed by atoms with van der Waals surface area (Å²) in [6, 6.07) is 28.9. The highest BCUT2D eigenvalue weighted by Gasteiger charge is 2.29. The Labute approximate surface area is 415 Å². The number of anilines is 6. The molecule has 0 aliphatic carbocycles. The van der Waals surface area contributed by atoms with E-state index in [2.05, 4.69) is 30.8 Å². The van der Waals surface area contributed by atoms with Crippen molar-refractivity contribution >= 4 is 66.0 Å². The Morgan fingerprint density at radius 1 is 0.847 bits per heavy atom. The van der Waals surface area contributed by atoms with Gasteiger partial charge in [0.2, 0.25) is 5.88 Å². The van der Waals surface area contributed by atoms with Gasteiger partial charge in [-0.25, -0.2) is 28.0 Å². The molecule has 2 aliphatic heterocycles. The summed E-state index contributed by atoms with van der Waals surface area (Å²) in [5, 5.41) is 21.8. The molecule has 10 rings (SSSR count). The number of piperidine rings is 1. The number of nitrogens with zero attached hydrogens (tertiary/aromatic N) is 6. The normalized spacial score (nSPS) is 14.4. The van der Waals surface area contributed by atoms with E-state index in [0.717, 1.165) is 59.4 Å². The maximum absolute atomic E-state index is 15.3. The lowest BCUT2D eigenvalue weighted by Crippen LogP contribution is -2.44. The van der Waals surface area contributed by atoms with E-state index in [1.54, 1.807) is 74.1 Å². The molecule has 18 nitrogen and oxygen atoms in total. The van der Waals surface area contributed by atoms with Gasteiger partial charge in [0.1, 0.15) is 17.4 Å². The summed E-state index contributed by atoms with van der Waals surface area (Å²) >= 11 is 0. The summed E-state index contributed by atoms with van der Waals surface area (Å²) in [7, 11) is -1.37. The largest absolute Gasteiger partial charge is 0.495 e. The van der Waals surface area contributed by atoms with Crippen LogP contribution in [0.15, 0.2) is 125 Å². The van der Waals surface area contributed by atoms with Crippen LogP contribution in [0.5, 0.6) is 11.6 Å². The fourth-order valence-corrected chi connectivity index (χ4v) is 10.9. The first-order chi connectivity index (χ1) is 35.0. The summed E-state index contributed by atoms with van der Waals surface area (Å²) in [4.78, 5) is 48.0. The number of hydrogen-bond acceptors (Lipinski definition) is 15. The summed E-state index contributed by atoms with van der Waals surface area (Å²) in [5.74, 6) is 0.905. The van der Waals surface area contributed by atoms with Crippen molar-refractivity contribution in [3.05, 3.63) is 147 Å². The minimum absolute atomic E-state index is 0.0710. The Bertz CT molecular complexity index is 3540. The van der Waals surface area contributed by atoms with Gasteiger partial charge in [0.15, 0.2) is 0 Å². The van der Waals surface area contributed by atoms with Gasteiger partial charge in [-0.2, -0.15) is 4.41 Å². The number of sulfonamides is 1. The number of aryl methyl sites for hydroxylation is 1. The molecule has 7 heterocycles. The molecule has 0 bridgehead atoms. The molecule has 5 aromatic heterocycles. The zero-order valence-electron chi connectivity index (χ0n) is 40.0. The van der Waals surface area contributed by atoms with E-state index in [9.17, 15) is 18.3 Å². The van der Waals surface area contributed by atoms with E-state index in [4.69, 9.17) is 24.2 Å². The van der Waals surface area contributed by atoms with E-state index in [-0.39, 0.29) is 28.3 Å². The number of morpholine rings is 1. The van der Waals surface area contributed by atoms with Crippen LogP contribution in [0.3, 0.4) is 0 Å². The van der Waals surface area contributed by atoms with Gasteiger partial charge in [-0.3, -0.25) is 9.59 Å². The zero-order valence-corrected chi connectivity index (χ0v) is 40.8. The molecule has 370 valence electrons. The van der Waals surface area contributed by atoms with Crippen LogP contribution in [0, 0.1) is 6.92 Å². The molecule has 2 saturated heterocycles. The number of aromatic amines is 1. The highest BCUT2D eigenvalue weighted by atomic mass is 32.2. The Hall–Kier alpha value is -7.84. The third-order valence-corrected chi connectivity index (χ3v) is 14.8. The molecule has 0 radical (unpaired) electrons. The number of methoxy groups -OCH3 is 2. The predicted octanol–water partition coefficient (Wildman–Crippen LogP) is 7.07. The third-order valence-electron chi connectivity index (χ3n) is 13.2. The van der Waals surface area contributed by atoms with Crippen molar-refractivity contribution in [2.45, 2.75) is 25.7 Å². The molecule has 8 aromatic rings. The second-order valence-corrected chi connectivity index (χ2v) is 19.6. The number of aliphatic hydroxyl groups is 1. The lowest BCUT2D eigenvalue weighted by molar-refractivity contribution is 0.122. The second-order valence-electron chi connectivity index (χ2n) is 17.6. The summed E-state index contributed by atoms with van der Waals surface area (Å²) in [6.45, 7) is 6.04. The molecular weight excluding hydrogens is 937 g/mol. The second kappa shape index (κ2) is 20.5. The van der Waals surface area contributed by atoms with E-state index in [1.807, 2.05) is 49.4 Å². The summed E-state index contributed by atoms with van der Waals surface area (Å²) < 4.78 is 48.0. The highest BCUT2D eigenvalue weighted by Crippen LogP contribution is 2.39. The fourth-order valence-electron chi connectivity index (χ4n) is 9.62. The van der Waals surface area contributed by atoms with Crippen LogP contribution < -0.4 is 45.9 Å². The maximum atomic E-state index is 15.3. The number of benzene rings is 3. The average Bonchev–Trinajstić information content (AvgIpc) is 3.40. The van der Waals surface area contributed by atoms with Crippen molar-refractivity contribution in [1.29, 1.82) is 0 Å². The molecule has 2 aliphatic rings. The van der Waals surface area contributed by atoms with Crippen LogP contribution in [-0.2, 0) is 14.8 Å². The van der Waals surface area contributed by atoms with Gasteiger partial charge >= 0.3 is 0 Å². The SMILES string of the molecule is COc1cc(C2CCNCC2)c(C)cc1Nc1nc(-c2cccnc2OC)cc2ccn(N(c3cccc(-c4cc5cc[nH]c(=O)c5c(Nc5ccc(N6CCOCC6)cc5)n4)c3)S(=O)(=O)CCO)c(=O)c12. The lowest BCUT2D eigenvalue weighted by Gasteiger charge is -2.29. The Morgan fingerprint density at radius 3 is 2.36 bits per heavy atom. The van der Waals surface area contributed by atoms with Gasteiger partial charge in [-0.15, -0.1) is 0 Å². The van der Waals surface area contributed by atoms with Gasteiger partial charge in [-0.05, 0) is 146 Å². The zero-order chi connectivity index (χ0) is 49.9. The number of nitrogens with one attached hydrogen (secondary N) is 4. The lowest BCUT2D eigenvalue weighted by atomic mass is 9.87. The van der Waals surface area contributed by atoms with Gasteiger partial charge in [0.05, 0.1) is 78.9 Å². The highest BCUT2D eigenvalue weighted by molar-refractivity contribution is 7.92. The maximum Gasteiger partial charge on any atom is 0.281 e. The fraction of sp³-hybridized carbons (Fsp3) is 0.264. The van der Waals surface area contributed by atoms with Crippen LogP contribution >= 0.6 is 0 Å². The van der Waals surface area contributed by atoms with Crippen molar-refractivity contribution in [2.75, 3.05) is 85.9 Å². The quantitative estimate of drug-likeness (QED) is 0.0694. The molecule has 19 heteroatoms. The number of aliphatic hydroxyl groups excluding tert-OH is 1. The third kappa shape index (κ3) is 9.53. The molecule has 5 N–H and O–H groups in total. The molecule has 0 atom stereocenters. The summed E-state index contributed by atoms with van der Waals surface area (Å²) in [5.41, 5.74) is 5.41. The number of rotatable bonds is 15. The first-order valence-electron chi connectivity index (χ1n) is 23.7. The molecule has 72 heavy (non-hydrogen) atoms. The predicted molar refractivity (Wildman–Crippen MR) is 281 cm³/mol. The smallest absolute Gasteiger partial charge is 0.281 e. The number of aromatic nitrogens is 5. The minimum Gasteiger partial charge on any atom is -0.495 e. The number of ether oxygens (including phenoxy) is 3. The molecule has 0 saturated carbocycles. The average molecular weight is 991 g/mol. The van der Waals surface area contributed by atoms with Crippen molar-refractivity contribution in [1.82, 2.24) is 29.9 Å². The molecule has 3 aromatic carbocycles. The van der Waals surface area contributed by atoms with Crippen LogP contribution in [0.25, 0.3) is 44.1 Å². The molecule has 2 fully saturated rings. The Kier molecular flexibility index (Phi) is 13.6. The topological polar surface area (TPSA) is 218 Å². The Balaban J connectivity index is 1.09. The van der Waals surface area contributed by atoms with Crippen molar-refractivity contribution in [2.24, 2.45) is 0 Å². The van der Waals surface area contributed by atoms with Crippen LogP contribution in [0.2, 0.25) is 0 Å². The molecular formula is C53H54N10O8S. The summed E-state index contributed by atoms with van der Waals surface area (Å²) in [6.07, 6.45) is 6.51. The molecule has 0 spiro atoms. The van der Waals surface area contributed by atoms with Crippen molar-refractivity contribution < 1.29 is 27.7 Å². The monoisotopic (exact) mass is 990 g/mol. The van der Waals surface area contributed by atoms with Crippen molar-refractivity contribution in [3.63, 3.8) is 0 Å². The van der Waals surface area contributed by atoms with E-state index >= 15 is 4.79 Å². The number of H-pyrrole nitrogens is 1. The van der Waals surface area contributed by atoms with Gasteiger partial charge < -0.3 is 45.2 Å². The number of pyridine rings is 5. The molecule has 0 amide bonds. The van der Waals surface area contributed by atoms with Gasteiger partial charge in [0.25, 0.3) is 21.1 Å². The van der Waals surface area contributed by atoms with Crippen LogP contribution in [-0.4, -0.2) is 104 Å². The number of fused-ring (bicyclic) bond motifs is 2. The Morgan fingerprint density at radius 2 is 1.60 bits per heavy atom. The minimum atomic E-state index is -4.47. The molecule has 0 unspecified atom stereocenters. The van der Waals surface area contributed by atoms with E-state index in [1.165, 1.54) is 18.9 Å². The van der Waals surface area contributed by atoms with Gasteiger partial charge in [-0.1, -0.05) is 12.1 Å². The number of hydrogen-bond donors (Lipinski definition) is 5. The van der Waals surface area contributed by atoms with Gasteiger partial charge in [0, 0.05) is 48.6 Å². The van der Waals surface area contributed by atoms with E-state index in [0.29, 0.717) is 80.8 Å². The van der Waals surface area contributed by atoms with E-state index < -0.39 is 27.9 Å². The first kappa shape index (κ1) is 47.8. The van der Waals surface area contributed by atoms with Crippen LogP contribution in [0.1, 0.15) is 29.9 Å². The van der Waals surface area contributed by atoms with Crippen molar-refractivity contribution in [3.8, 4) is 34.1 Å².